The first-order chi connectivity index (χ1) is 11.7. The predicted molar refractivity (Wildman–Crippen MR) is 101 cm³/mol. The van der Waals surface area contributed by atoms with Crippen molar-refractivity contribution in [3.63, 3.8) is 0 Å². The first-order valence-electron chi connectivity index (χ1n) is 8.87. The Balaban J connectivity index is 0.000000277. The van der Waals surface area contributed by atoms with E-state index in [-0.39, 0.29) is 5.83 Å². The van der Waals surface area contributed by atoms with Crippen molar-refractivity contribution in [1.29, 1.82) is 0 Å². The SMILES string of the molecule is C/C=C\C/C=C(/F)CC.NNC1CCN(Cc2ccccc2)CC1. The Bertz CT molecular complexity index is 477. The molecule has 1 fully saturated rings. The fourth-order valence-electron chi connectivity index (χ4n) is 2.58. The number of hydrogen-bond donors (Lipinski definition) is 2. The molecule has 0 aromatic heterocycles. The second-order valence-electron chi connectivity index (χ2n) is 6.01. The lowest BCUT2D eigenvalue weighted by molar-refractivity contribution is 0.191. The van der Waals surface area contributed by atoms with Crippen LogP contribution in [0.15, 0.2) is 54.4 Å². The van der Waals surface area contributed by atoms with Gasteiger partial charge < -0.3 is 0 Å². The van der Waals surface area contributed by atoms with Crippen LogP contribution in [-0.4, -0.2) is 24.0 Å². The molecule has 3 N–H and O–H groups in total. The van der Waals surface area contributed by atoms with Crippen molar-refractivity contribution in [3.05, 3.63) is 60.0 Å². The molecule has 0 bridgehead atoms. The molecule has 2 rings (SSSR count). The summed E-state index contributed by atoms with van der Waals surface area (Å²) < 4.78 is 12.3. The Morgan fingerprint density at radius 1 is 1.29 bits per heavy atom. The van der Waals surface area contributed by atoms with Gasteiger partial charge in [-0.3, -0.25) is 16.2 Å². The van der Waals surface area contributed by atoms with Crippen LogP contribution in [0.2, 0.25) is 0 Å². The summed E-state index contributed by atoms with van der Waals surface area (Å²) in [5.74, 6) is 5.41. The minimum absolute atomic E-state index is 0.0203. The molecule has 1 heterocycles. The van der Waals surface area contributed by atoms with Crippen LogP contribution >= 0.6 is 0 Å². The summed E-state index contributed by atoms with van der Waals surface area (Å²) in [6.07, 6.45) is 8.98. The second-order valence-corrected chi connectivity index (χ2v) is 6.01. The molecule has 0 unspecified atom stereocenters. The quantitative estimate of drug-likeness (QED) is 0.462. The molecule has 24 heavy (non-hydrogen) atoms. The van der Waals surface area contributed by atoms with E-state index in [9.17, 15) is 4.39 Å². The molecule has 0 amide bonds. The van der Waals surface area contributed by atoms with E-state index < -0.39 is 0 Å². The van der Waals surface area contributed by atoms with Crippen LogP contribution in [-0.2, 0) is 6.54 Å². The molecule has 1 aromatic carbocycles. The zero-order valence-electron chi connectivity index (χ0n) is 15.0. The van der Waals surface area contributed by atoms with E-state index in [1.54, 1.807) is 6.08 Å². The van der Waals surface area contributed by atoms with E-state index in [1.165, 1.54) is 5.56 Å². The lowest BCUT2D eigenvalue weighted by Gasteiger charge is -2.31. The Kier molecular flexibility index (Phi) is 11.0. The highest BCUT2D eigenvalue weighted by Gasteiger charge is 2.17. The van der Waals surface area contributed by atoms with Gasteiger partial charge in [-0.25, -0.2) is 4.39 Å². The number of rotatable bonds is 6. The number of nitrogens with zero attached hydrogens (tertiary/aromatic N) is 1. The maximum atomic E-state index is 12.3. The molecule has 134 valence electrons. The van der Waals surface area contributed by atoms with Gasteiger partial charge in [-0.2, -0.15) is 0 Å². The Labute approximate surface area is 146 Å². The molecule has 0 aliphatic carbocycles. The zero-order valence-corrected chi connectivity index (χ0v) is 15.0. The minimum Gasteiger partial charge on any atom is -0.299 e. The van der Waals surface area contributed by atoms with Crippen LogP contribution in [0.1, 0.15) is 45.1 Å². The van der Waals surface area contributed by atoms with E-state index in [1.807, 2.05) is 26.0 Å². The molecule has 1 saturated heterocycles. The molecule has 0 saturated carbocycles. The largest absolute Gasteiger partial charge is 0.299 e. The van der Waals surface area contributed by atoms with E-state index in [4.69, 9.17) is 5.84 Å². The second kappa shape index (κ2) is 12.9. The first kappa shape index (κ1) is 20.6. The van der Waals surface area contributed by atoms with Crippen molar-refractivity contribution in [3.8, 4) is 0 Å². The average molecular weight is 333 g/mol. The maximum Gasteiger partial charge on any atom is 0.0960 e. The fraction of sp³-hybridized carbons (Fsp3) is 0.500. The summed E-state index contributed by atoms with van der Waals surface area (Å²) in [4.78, 5) is 2.49. The van der Waals surface area contributed by atoms with Gasteiger partial charge in [-0.1, -0.05) is 49.4 Å². The van der Waals surface area contributed by atoms with Crippen molar-refractivity contribution in [2.45, 2.75) is 52.1 Å². The van der Waals surface area contributed by atoms with Crippen molar-refractivity contribution in [2.75, 3.05) is 13.1 Å². The van der Waals surface area contributed by atoms with E-state index >= 15 is 0 Å². The Hall–Kier alpha value is -1.49. The Morgan fingerprint density at radius 3 is 2.50 bits per heavy atom. The molecule has 1 aromatic rings. The van der Waals surface area contributed by atoms with E-state index in [2.05, 4.69) is 40.7 Å². The van der Waals surface area contributed by atoms with Crippen LogP contribution in [0.25, 0.3) is 0 Å². The van der Waals surface area contributed by atoms with Crippen LogP contribution in [0.5, 0.6) is 0 Å². The van der Waals surface area contributed by atoms with Crippen molar-refractivity contribution in [2.24, 2.45) is 5.84 Å². The summed E-state index contributed by atoms with van der Waals surface area (Å²) in [7, 11) is 0. The number of benzene rings is 1. The van der Waals surface area contributed by atoms with Gasteiger partial charge in [0.2, 0.25) is 0 Å². The maximum absolute atomic E-state index is 12.3. The van der Waals surface area contributed by atoms with Gasteiger partial charge in [-0.05, 0) is 44.2 Å². The predicted octanol–water partition coefficient (Wildman–Crippen LogP) is 4.33. The molecule has 1 aliphatic heterocycles. The molecule has 3 nitrogen and oxygen atoms in total. The third-order valence-electron chi connectivity index (χ3n) is 4.12. The molecule has 0 spiro atoms. The van der Waals surface area contributed by atoms with Crippen molar-refractivity contribution in [1.82, 2.24) is 10.3 Å². The number of piperidine rings is 1. The molecule has 4 heteroatoms. The van der Waals surface area contributed by atoms with Crippen LogP contribution in [0.4, 0.5) is 4.39 Å². The van der Waals surface area contributed by atoms with Gasteiger partial charge in [0.05, 0.1) is 5.83 Å². The minimum atomic E-state index is -0.0203. The van der Waals surface area contributed by atoms with Crippen molar-refractivity contribution < 1.29 is 4.39 Å². The van der Waals surface area contributed by atoms with Gasteiger partial charge in [0, 0.05) is 25.7 Å². The van der Waals surface area contributed by atoms with Gasteiger partial charge in [0.1, 0.15) is 0 Å². The molecule has 0 radical (unpaired) electrons. The number of halogens is 1. The number of allylic oxidation sites excluding steroid dienone is 4. The van der Waals surface area contributed by atoms with Gasteiger partial charge in [0.15, 0.2) is 0 Å². The average Bonchev–Trinajstić information content (AvgIpc) is 2.64. The lowest BCUT2D eigenvalue weighted by Crippen LogP contribution is -2.44. The Morgan fingerprint density at radius 2 is 1.96 bits per heavy atom. The van der Waals surface area contributed by atoms with Crippen LogP contribution < -0.4 is 11.3 Å². The van der Waals surface area contributed by atoms with Crippen LogP contribution in [0, 0.1) is 0 Å². The topological polar surface area (TPSA) is 41.3 Å². The summed E-state index contributed by atoms with van der Waals surface area (Å²) in [5.41, 5.74) is 4.26. The van der Waals surface area contributed by atoms with Gasteiger partial charge >= 0.3 is 0 Å². The number of hydrogen-bond acceptors (Lipinski definition) is 3. The molecule has 0 atom stereocenters. The van der Waals surface area contributed by atoms with Crippen molar-refractivity contribution >= 4 is 0 Å². The summed E-state index contributed by atoms with van der Waals surface area (Å²) in [6.45, 7) is 7.09. The lowest BCUT2D eigenvalue weighted by atomic mass is 10.1. The van der Waals surface area contributed by atoms with E-state index in [0.29, 0.717) is 12.5 Å². The summed E-state index contributed by atoms with van der Waals surface area (Å²) in [6, 6.07) is 11.2. The zero-order chi connectivity index (χ0) is 17.6. The third kappa shape index (κ3) is 8.96. The highest BCUT2D eigenvalue weighted by molar-refractivity contribution is 5.14. The smallest absolute Gasteiger partial charge is 0.0960 e. The highest BCUT2D eigenvalue weighted by atomic mass is 19.1. The van der Waals surface area contributed by atoms with Gasteiger partial charge in [0.25, 0.3) is 0 Å². The standard InChI is InChI=1S/C12H19N3.C8H13F/c13-14-12-6-8-15(9-7-12)10-11-4-2-1-3-5-11;1-3-5-6-7-8(9)4-2/h1-5,12,14H,6-10,13H2;3,5,7H,4,6H2,1-2H3/b;5-3-,8-7+. The fourth-order valence-corrected chi connectivity index (χ4v) is 2.58. The molecule has 1 aliphatic rings. The highest BCUT2D eigenvalue weighted by Crippen LogP contribution is 2.12. The van der Waals surface area contributed by atoms with E-state index in [0.717, 1.165) is 38.9 Å². The summed E-state index contributed by atoms with van der Waals surface area (Å²) >= 11 is 0. The normalized spacial score (nSPS) is 16.9. The monoisotopic (exact) mass is 333 g/mol. The first-order valence-corrected chi connectivity index (χ1v) is 8.87. The third-order valence-corrected chi connectivity index (χ3v) is 4.12. The van der Waals surface area contributed by atoms with Crippen LogP contribution in [0.3, 0.4) is 0 Å². The number of nitrogens with two attached hydrogens (primary N) is 1. The summed E-state index contributed by atoms with van der Waals surface area (Å²) in [5, 5.41) is 0. The number of likely N-dealkylation sites (tertiary alicyclic amines) is 1. The number of hydrazine groups is 1. The molecular formula is C20H32FN3. The number of nitrogens with one attached hydrogen (secondary N) is 1. The van der Waals surface area contributed by atoms with Gasteiger partial charge in [-0.15, -0.1) is 0 Å². The molecular weight excluding hydrogens is 301 g/mol.